The van der Waals surface area contributed by atoms with Crippen LogP contribution in [0, 0.1) is 0 Å². The second-order valence-corrected chi connectivity index (χ2v) is 3.58. The first-order valence-corrected chi connectivity index (χ1v) is 5.25. The maximum absolute atomic E-state index is 11.2. The van der Waals surface area contributed by atoms with Crippen molar-refractivity contribution in [2.45, 2.75) is 6.61 Å². The summed E-state index contributed by atoms with van der Waals surface area (Å²) in [6, 6.07) is 6.75. The van der Waals surface area contributed by atoms with E-state index in [-0.39, 0.29) is 6.61 Å². The lowest BCUT2D eigenvalue weighted by Gasteiger charge is -2.08. The lowest BCUT2D eigenvalue weighted by molar-refractivity contribution is 0.0996. The maximum atomic E-state index is 11.2. The van der Waals surface area contributed by atoms with Gasteiger partial charge in [-0.25, -0.2) is 4.98 Å². The third-order valence-corrected chi connectivity index (χ3v) is 2.25. The van der Waals surface area contributed by atoms with Gasteiger partial charge in [0, 0.05) is 0 Å². The normalized spacial score (nSPS) is 10.0. The van der Waals surface area contributed by atoms with Gasteiger partial charge < -0.3 is 16.2 Å². The average molecular weight is 244 g/mol. The molecule has 2 aromatic rings. The number of nitrogen functional groups attached to an aromatic ring is 1. The van der Waals surface area contributed by atoms with Gasteiger partial charge in [0.2, 0.25) is 0 Å². The number of para-hydroxylation sites is 1. The fourth-order valence-electron chi connectivity index (χ4n) is 1.39. The Hall–Kier alpha value is -2.63. The van der Waals surface area contributed by atoms with Gasteiger partial charge in [-0.1, -0.05) is 12.1 Å². The molecule has 0 unspecified atom stereocenters. The number of carbonyl (C=O) groups is 1. The van der Waals surface area contributed by atoms with Crippen molar-refractivity contribution >= 4 is 11.7 Å². The maximum Gasteiger partial charge on any atom is 0.252 e. The van der Waals surface area contributed by atoms with E-state index in [2.05, 4.69) is 9.97 Å². The number of rotatable bonds is 4. The molecule has 1 aromatic heterocycles. The van der Waals surface area contributed by atoms with Gasteiger partial charge in [-0.15, -0.1) is 0 Å². The molecule has 2 rings (SSSR count). The average Bonchev–Trinajstić information content (AvgIpc) is 2.38. The number of aromatic nitrogens is 2. The van der Waals surface area contributed by atoms with Crippen LogP contribution in [0.15, 0.2) is 36.7 Å². The fraction of sp³-hybridized carbons (Fsp3) is 0.0833. The minimum absolute atomic E-state index is 0.192. The molecule has 4 N–H and O–H groups in total. The summed E-state index contributed by atoms with van der Waals surface area (Å²) in [6.45, 7) is 0.192. The SMILES string of the molecule is NC(=O)c1ccccc1OCc1cnc(N)cn1. The van der Waals surface area contributed by atoms with E-state index in [0.29, 0.717) is 22.8 Å². The number of amides is 1. The molecule has 0 bridgehead atoms. The Labute approximate surface area is 104 Å². The molecular formula is C12H12N4O2. The molecule has 18 heavy (non-hydrogen) atoms. The Kier molecular flexibility index (Phi) is 3.38. The van der Waals surface area contributed by atoms with E-state index in [0.717, 1.165) is 0 Å². The van der Waals surface area contributed by atoms with Crippen molar-refractivity contribution < 1.29 is 9.53 Å². The van der Waals surface area contributed by atoms with Gasteiger partial charge in [0.05, 0.1) is 23.7 Å². The molecule has 0 spiro atoms. The Balaban J connectivity index is 2.10. The summed E-state index contributed by atoms with van der Waals surface area (Å²) in [5.41, 5.74) is 11.6. The zero-order valence-corrected chi connectivity index (χ0v) is 9.54. The molecule has 0 saturated heterocycles. The first-order valence-electron chi connectivity index (χ1n) is 5.25. The molecule has 0 radical (unpaired) electrons. The van der Waals surface area contributed by atoms with Gasteiger partial charge in [0.25, 0.3) is 5.91 Å². The number of hydrogen-bond donors (Lipinski definition) is 2. The van der Waals surface area contributed by atoms with Gasteiger partial charge in [-0.05, 0) is 12.1 Å². The second kappa shape index (κ2) is 5.13. The van der Waals surface area contributed by atoms with Crippen LogP contribution in [-0.2, 0) is 6.61 Å². The molecule has 1 amide bonds. The Morgan fingerprint density at radius 2 is 2.00 bits per heavy atom. The summed E-state index contributed by atoms with van der Waals surface area (Å²) in [5.74, 6) is 0.230. The highest BCUT2D eigenvalue weighted by Gasteiger charge is 2.08. The smallest absolute Gasteiger partial charge is 0.252 e. The minimum atomic E-state index is -0.533. The van der Waals surface area contributed by atoms with Gasteiger partial charge in [0.15, 0.2) is 0 Å². The van der Waals surface area contributed by atoms with E-state index in [4.69, 9.17) is 16.2 Å². The highest BCUT2D eigenvalue weighted by Crippen LogP contribution is 2.18. The standard InChI is InChI=1S/C12H12N4O2/c13-11-6-15-8(5-16-11)7-18-10-4-2-1-3-9(10)12(14)17/h1-6H,7H2,(H2,13,16)(H2,14,17). The number of benzene rings is 1. The molecule has 0 fully saturated rings. The molecule has 6 heteroatoms. The van der Waals surface area contributed by atoms with Crippen LogP contribution in [0.3, 0.4) is 0 Å². The molecule has 0 aliphatic heterocycles. The summed E-state index contributed by atoms with van der Waals surface area (Å²) in [4.78, 5) is 19.1. The summed E-state index contributed by atoms with van der Waals surface area (Å²) in [6.07, 6.45) is 2.96. The lowest BCUT2D eigenvalue weighted by atomic mass is 10.2. The van der Waals surface area contributed by atoms with E-state index in [1.54, 1.807) is 24.3 Å². The van der Waals surface area contributed by atoms with Crippen LogP contribution in [0.25, 0.3) is 0 Å². The Bertz CT molecular complexity index is 554. The quantitative estimate of drug-likeness (QED) is 0.825. The molecule has 92 valence electrons. The summed E-state index contributed by atoms with van der Waals surface area (Å²) in [7, 11) is 0. The number of nitrogens with zero attached hydrogens (tertiary/aromatic N) is 2. The first-order chi connectivity index (χ1) is 8.66. The monoisotopic (exact) mass is 244 g/mol. The van der Waals surface area contributed by atoms with Gasteiger partial charge >= 0.3 is 0 Å². The van der Waals surface area contributed by atoms with E-state index < -0.39 is 5.91 Å². The summed E-state index contributed by atoms with van der Waals surface area (Å²) in [5, 5.41) is 0. The van der Waals surface area contributed by atoms with E-state index >= 15 is 0 Å². The minimum Gasteiger partial charge on any atom is -0.486 e. The van der Waals surface area contributed by atoms with Crippen molar-refractivity contribution in [2.75, 3.05) is 5.73 Å². The van der Waals surface area contributed by atoms with E-state index in [9.17, 15) is 4.79 Å². The summed E-state index contributed by atoms with van der Waals surface area (Å²) < 4.78 is 5.48. The number of nitrogens with two attached hydrogens (primary N) is 2. The molecule has 0 atom stereocenters. The van der Waals surface area contributed by atoms with Crippen molar-refractivity contribution in [1.29, 1.82) is 0 Å². The van der Waals surface area contributed by atoms with Crippen LogP contribution < -0.4 is 16.2 Å². The van der Waals surface area contributed by atoms with Gasteiger partial charge in [-0.3, -0.25) is 9.78 Å². The Morgan fingerprint density at radius 3 is 2.67 bits per heavy atom. The number of carbonyl (C=O) groups excluding carboxylic acids is 1. The lowest BCUT2D eigenvalue weighted by Crippen LogP contribution is -2.13. The zero-order chi connectivity index (χ0) is 13.0. The van der Waals surface area contributed by atoms with Crippen molar-refractivity contribution in [3.05, 3.63) is 47.9 Å². The van der Waals surface area contributed by atoms with Crippen LogP contribution in [0.1, 0.15) is 16.1 Å². The summed E-state index contributed by atoms with van der Waals surface area (Å²) >= 11 is 0. The largest absolute Gasteiger partial charge is 0.486 e. The third-order valence-electron chi connectivity index (χ3n) is 2.25. The molecule has 0 saturated carbocycles. The third kappa shape index (κ3) is 2.73. The van der Waals surface area contributed by atoms with E-state index in [1.165, 1.54) is 12.4 Å². The van der Waals surface area contributed by atoms with Crippen molar-refractivity contribution in [2.24, 2.45) is 5.73 Å². The number of ether oxygens (including phenoxy) is 1. The van der Waals surface area contributed by atoms with Crippen LogP contribution >= 0.6 is 0 Å². The Morgan fingerprint density at radius 1 is 1.22 bits per heavy atom. The number of anilines is 1. The number of hydrogen-bond acceptors (Lipinski definition) is 5. The molecular weight excluding hydrogens is 232 g/mol. The molecule has 1 heterocycles. The van der Waals surface area contributed by atoms with Gasteiger partial charge in [-0.2, -0.15) is 0 Å². The zero-order valence-electron chi connectivity index (χ0n) is 9.54. The van der Waals surface area contributed by atoms with Gasteiger partial charge in [0.1, 0.15) is 18.2 Å². The van der Waals surface area contributed by atoms with Crippen LogP contribution in [0.5, 0.6) is 5.75 Å². The van der Waals surface area contributed by atoms with Crippen LogP contribution in [0.4, 0.5) is 5.82 Å². The topological polar surface area (TPSA) is 104 Å². The number of primary amides is 1. The fourth-order valence-corrected chi connectivity index (χ4v) is 1.39. The molecule has 6 nitrogen and oxygen atoms in total. The predicted octanol–water partition coefficient (Wildman–Crippen LogP) is 0.737. The van der Waals surface area contributed by atoms with Crippen LogP contribution in [0.2, 0.25) is 0 Å². The molecule has 0 aliphatic rings. The molecule has 0 aliphatic carbocycles. The molecule has 1 aromatic carbocycles. The van der Waals surface area contributed by atoms with E-state index in [1.807, 2.05) is 0 Å². The van der Waals surface area contributed by atoms with Crippen molar-refractivity contribution in [3.8, 4) is 5.75 Å². The van der Waals surface area contributed by atoms with Crippen molar-refractivity contribution in [1.82, 2.24) is 9.97 Å². The second-order valence-electron chi connectivity index (χ2n) is 3.58. The van der Waals surface area contributed by atoms with Crippen LogP contribution in [-0.4, -0.2) is 15.9 Å². The highest BCUT2D eigenvalue weighted by molar-refractivity contribution is 5.95. The highest BCUT2D eigenvalue weighted by atomic mass is 16.5. The predicted molar refractivity (Wildman–Crippen MR) is 65.7 cm³/mol. The first kappa shape index (κ1) is 11.8. The van der Waals surface area contributed by atoms with Crippen molar-refractivity contribution in [3.63, 3.8) is 0 Å².